The summed E-state index contributed by atoms with van der Waals surface area (Å²) in [5, 5.41) is 3.65. The van der Waals surface area contributed by atoms with Crippen molar-refractivity contribution in [2.45, 2.75) is 62.8 Å². The van der Waals surface area contributed by atoms with Gasteiger partial charge in [0.15, 0.2) is 0 Å². The van der Waals surface area contributed by atoms with Gasteiger partial charge in [0.05, 0.1) is 0 Å². The first-order valence-corrected chi connectivity index (χ1v) is 8.28. The van der Waals surface area contributed by atoms with Gasteiger partial charge in [-0.3, -0.25) is 0 Å². The minimum Gasteiger partial charge on any atom is -0.313 e. The fraction of sp³-hybridized carbons (Fsp3) is 0.579. The van der Waals surface area contributed by atoms with Crippen LogP contribution in [-0.4, -0.2) is 13.1 Å². The highest BCUT2D eigenvalue weighted by atomic mass is 14.9. The molecular weight excluding hydrogens is 242 g/mol. The van der Waals surface area contributed by atoms with Gasteiger partial charge in [-0.15, -0.1) is 0 Å². The second-order valence-electron chi connectivity index (χ2n) is 6.48. The zero-order valence-electron chi connectivity index (χ0n) is 12.7. The van der Waals surface area contributed by atoms with E-state index in [1.54, 1.807) is 5.57 Å². The van der Waals surface area contributed by atoms with Crippen LogP contribution in [0.15, 0.2) is 42.0 Å². The summed E-state index contributed by atoms with van der Waals surface area (Å²) in [6.07, 6.45) is 13.3. The number of likely N-dealkylation sites (N-methyl/N-ethyl adjacent to an activating group) is 1. The molecule has 2 aliphatic carbocycles. The Morgan fingerprint density at radius 3 is 2.45 bits per heavy atom. The molecule has 1 atom stereocenters. The SMILES string of the molecule is CNC(/C1=C/CCCCCC1)C1(c2ccccc2)CC1. The van der Waals surface area contributed by atoms with Crippen LogP contribution in [-0.2, 0) is 5.41 Å². The van der Waals surface area contributed by atoms with Crippen molar-refractivity contribution in [2.75, 3.05) is 7.05 Å². The van der Waals surface area contributed by atoms with E-state index in [1.807, 2.05) is 0 Å². The summed E-state index contributed by atoms with van der Waals surface area (Å²) in [7, 11) is 2.15. The van der Waals surface area contributed by atoms with Gasteiger partial charge >= 0.3 is 0 Å². The number of benzene rings is 1. The molecule has 0 bridgehead atoms. The second-order valence-corrected chi connectivity index (χ2v) is 6.48. The predicted molar refractivity (Wildman–Crippen MR) is 86.0 cm³/mol. The van der Waals surface area contributed by atoms with Crippen LogP contribution in [0.4, 0.5) is 0 Å². The number of hydrogen-bond donors (Lipinski definition) is 1. The van der Waals surface area contributed by atoms with Crippen molar-refractivity contribution in [3.8, 4) is 0 Å². The normalized spacial score (nSPS) is 25.9. The number of hydrogen-bond acceptors (Lipinski definition) is 1. The van der Waals surface area contributed by atoms with Crippen LogP contribution < -0.4 is 5.32 Å². The average Bonchev–Trinajstić information content (AvgIpc) is 3.24. The fourth-order valence-corrected chi connectivity index (χ4v) is 3.94. The predicted octanol–water partition coefficient (Wildman–Crippen LogP) is 4.59. The van der Waals surface area contributed by atoms with Crippen molar-refractivity contribution in [2.24, 2.45) is 0 Å². The summed E-state index contributed by atoms with van der Waals surface area (Å²) < 4.78 is 0. The van der Waals surface area contributed by atoms with Gasteiger partial charge in [0.1, 0.15) is 0 Å². The van der Waals surface area contributed by atoms with E-state index in [0.717, 1.165) is 0 Å². The van der Waals surface area contributed by atoms with E-state index in [0.29, 0.717) is 11.5 Å². The van der Waals surface area contributed by atoms with Gasteiger partial charge < -0.3 is 5.32 Å². The fourth-order valence-electron chi connectivity index (χ4n) is 3.94. The first-order valence-electron chi connectivity index (χ1n) is 8.28. The zero-order chi connectivity index (χ0) is 13.8. The monoisotopic (exact) mass is 269 g/mol. The molecule has 1 aromatic rings. The molecule has 0 spiro atoms. The highest BCUT2D eigenvalue weighted by Gasteiger charge is 2.50. The van der Waals surface area contributed by atoms with Gasteiger partial charge in [-0.25, -0.2) is 0 Å². The van der Waals surface area contributed by atoms with Crippen LogP contribution >= 0.6 is 0 Å². The van der Waals surface area contributed by atoms with Crippen LogP contribution in [0.25, 0.3) is 0 Å². The molecule has 1 saturated carbocycles. The molecule has 108 valence electrons. The van der Waals surface area contributed by atoms with Gasteiger partial charge in [0, 0.05) is 11.5 Å². The quantitative estimate of drug-likeness (QED) is 0.788. The van der Waals surface area contributed by atoms with Crippen molar-refractivity contribution in [3.63, 3.8) is 0 Å². The molecule has 1 unspecified atom stereocenters. The lowest BCUT2D eigenvalue weighted by Gasteiger charge is -2.31. The van der Waals surface area contributed by atoms with Gasteiger partial charge in [-0.2, -0.15) is 0 Å². The van der Waals surface area contributed by atoms with Crippen molar-refractivity contribution in [1.29, 1.82) is 0 Å². The maximum atomic E-state index is 3.65. The molecule has 20 heavy (non-hydrogen) atoms. The molecule has 0 radical (unpaired) electrons. The Labute approximate surface area is 123 Å². The first-order chi connectivity index (χ1) is 9.87. The standard InChI is InChI=1S/C19H27N/c1-20-18(16-10-6-3-2-4-7-11-16)19(14-15-19)17-12-8-5-9-13-17/h5,8-10,12-13,18,20H,2-4,6-7,11,14-15H2,1H3/b16-10+. The molecule has 1 N–H and O–H groups in total. The molecular formula is C19H27N. The van der Waals surface area contributed by atoms with E-state index < -0.39 is 0 Å². The molecule has 1 aromatic carbocycles. The molecule has 0 saturated heterocycles. The average molecular weight is 269 g/mol. The number of allylic oxidation sites excluding steroid dienone is 1. The smallest absolute Gasteiger partial charge is 0.0374 e. The lowest BCUT2D eigenvalue weighted by molar-refractivity contribution is 0.472. The highest BCUT2D eigenvalue weighted by Crippen LogP contribution is 2.53. The highest BCUT2D eigenvalue weighted by molar-refractivity contribution is 5.38. The van der Waals surface area contributed by atoms with Crippen molar-refractivity contribution in [3.05, 3.63) is 47.5 Å². The van der Waals surface area contributed by atoms with Gasteiger partial charge in [0.2, 0.25) is 0 Å². The Bertz CT molecular complexity index is 456. The van der Waals surface area contributed by atoms with Crippen LogP contribution in [0.1, 0.15) is 56.9 Å². The molecule has 1 heteroatoms. The molecule has 1 fully saturated rings. The second kappa shape index (κ2) is 6.13. The summed E-state index contributed by atoms with van der Waals surface area (Å²) in [6, 6.07) is 11.7. The van der Waals surface area contributed by atoms with Gasteiger partial charge in [0.25, 0.3) is 0 Å². The lowest BCUT2D eigenvalue weighted by Crippen LogP contribution is -2.39. The summed E-state index contributed by atoms with van der Waals surface area (Å²) >= 11 is 0. The molecule has 0 aromatic heterocycles. The van der Waals surface area contributed by atoms with Crippen LogP contribution in [0.5, 0.6) is 0 Å². The summed E-state index contributed by atoms with van der Waals surface area (Å²) in [4.78, 5) is 0. The van der Waals surface area contributed by atoms with Crippen molar-refractivity contribution >= 4 is 0 Å². The minimum atomic E-state index is 0.376. The maximum Gasteiger partial charge on any atom is 0.0374 e. The van der Waals surface area contributed by atoms with Crippen molar-refractivity contribution < 1.29 is 0 Å². The molecule has 0 aliphatic heterocycles. The van der Waals surface area contributed by atoms with E-state index >= 15 is 0 Å². The number of rotatable bonds is 4. The zero-order valence-corrected chi connectivity index (χ0v) is 12.7. The number of nitrogens with one attached hydrogen (secondary N) is 1. The van der Waals surface area contributed by atoms with Crippen LogP contribution in [0.2, 0.25) is 0 Å². The summed E-state index contributed by atoms with van der Waals surface area (Å²) in [6.45, 7) is 0. The molecule has 0 amide bonds. The summed E-state index contributed by atoms with van der Waals surface area (Å²) in [5.41, 5.74) is 3.58. The Kier molecular flexibility index (Phi) is 4.26. The Hall–Kier alpha value is -1.08. The van der Waals surface area contributed by atoms with E-state index in [4.69, 9.17) is 0 Å². The Balaban J connectivity index is 1.85. The third-order valence-corrected chi connectivity index (χ3v) is 5.18. The maximum absolute atomic E-state index is 3.65. The minimum absolute atomic E-state index is 0.376. The van der Waals surface area contributed by atoms with E-state index in [1.165, 1.54) is 56.9 Å². The van der Waals surface area contributed by atoms with E-state index in [2.05, 4.69) is 48.8 Å². The molecule has 1 nitrogen and oxygen atoms in total. The van der Waals surface area contributed by atoms with E-state index in [9.17, 15) is 0 Å². The first kappa shape index (κ1) is 13.9. The topological polar surface area (TPSA) is 12.0 Å². The third kappa shape index (κ3) is 2.69. The molecule has 3 rings (SSSR count). The van der Waals surface area contributed by atoms with Crippen LogP contribution in [0.3, 0.4) is 0 Å². The van der Waals surface area contributed by atoms with Crippen LogP contribution in [0, 0.1) is 0 Å². The van der Waals surface area contributed by atoms with Gasteiger partial charge in [-0.05, 0) is 51.1 Å². The van der Waals surface area contributed by atoms with Gasteiger partial charge in [-0.1, -0.05) is 54.8 Å². The summed E-state index contributed by atoms with van der Waals surface area (Å²) in [5.74, 6) is 0. The molecule has 2 aliphatic rings. The Morgan fingerprint density at radius 2 is 1.75 bits per heavy atom. The van der Waals surface area contributed by atoms with Crippen molar-refractivity contribution in [1.82, 2.24) is 5.32 Å². The largest absolute Gasteiger partial charge is 0.313 e. The Morgan fingerprint density at radius 1 is 1.00 bits per heavy atom. The third-order valence-electron chi connectivity index (χ3n) is 5.18. The molecule has 0 heterocycles. The van der Waals surface area contributed by atoms with E-state index in [-0.39, 0.29) is 0 Å². The lowest BCUT2D eigenvalue weighted by atomic mass is 9.81.